The van der Waals surface area contributed by atoms with E-state index >= 15 is 0 Å². The van der Waals surface area contributed by atoms with Gasteiger partial charge >= 0.3 is 5.97 Å². The van der Waals surface area contributed by atoms with Crippen LogP contribution < -0.4 is 4.74 Å². The van der Waals surface area contributed by atoms with Gasteiger partial charge in [0.1, 0.15) is 5.75 Å². The van der Waals surface area contributed by atoms with Crippen molar-refractivity contribution in [3.8, 4) is 5.75 Å². The molecule has 98 valence electrons. The van der Waals surface area contributed by atoms with E-state index in [1.807, 2.05) is 24.3 Å². The number of ether oxygens (including phenoxy) is 1. The first-order chi connectivity index (χ1) is 8.60. The number of methoxy groups -OCH3 is 1. The maximum atomic E-state index is 10.8. The van der Waals surface area contributed by atoms with Gasteiger partial charge in [0.05, 0.1) is 13.0 Å². The number of benzene rings is 1. The molecule has 0 saturated carbocycles. The lowest BCUT2D eigenvalue weighted by Crippen LogP contribution is -2.50. The summed E-state index contributed by atoms with van der Waals surface area (Å²) >= 11 is 0. The van der Waals surface area contributed by atoms with Crippen LogP contribution in [0.15, 0.2) is 24.3 Å². The molecule has 0 bridgehead atoms. The van der Waals surface area contributed by atoms with Crippen molar-refractivity contribution >= 4 is 5.97 Å². The van der Waals surface area contributed by atoms with Crippen LogP contribution in [0.1, 0.15) is 12.5 Å². The Balaban J connectivity index is 1.81. The van der Waals surface area contributed by atoms with Gasteiger partial charge in [-0.15, -0.1) is 0 Å². The van der Waals surface area contributed by atoms with Gasteiger partial charge in [0, 0.05) is 19.6 Å². The summed E-state index contributed by atoms with van der Waals surface area (Å²) in [5, 5.41) is 8.92. The van der Waals surface area contributed by atoms with Gasteiger partial charge in [0.25, 0.3) is 0 Å². The van der Waals surface area contributed by atoms with Crippen LogP contribution in [0.4, 0.5) is 0 Å². The molecule has 4 nitrogen and oxygen atoms in total. The van der Waals surface area contributed by atoms with Crippen LogP contribution >= 0.6 is 0 Å². The normalized spacial score (nSPS) is 18.1. The highest BCUT2D eigenvalue weighted by Crippen LogP contribution is 2.26. The van der Waals surface area contributed by atoms with Crippen LogP contribution in [0, 0.1) is 11.8 Å². The van der Waals surface area contributed by atoms with Gasteiger partial charge in [0.2, 0.25) is 0 Å². The number of hydrogen-bond acceptors (Lipinski definition) is 3. The summed E-state index contributed by atoms with van der Waals surface area (Å²) < 4.78 is 5.11. The Bertz CT molecular complexity index is 410. The van der Waals surface area contributed by atoms with Crippen LogP contribution in [-0.2, 0) is 11.3 Å². The lowest BCUT2D eigenvalue weighted by molar-refractivity contribution is -0.145. The molecule has 1 fully saturated rings. The first-order valence-electron chi connectivity index (χ1n) is 6.18. The summed E-state index contributed by atoms with van der Waals surface area (Å²) in [6.07, 6.45) is 0. The molecule has 1 aliphatic rings. The monoisotopic (exact) mass is 249 g/mol. The van der Waals surface area contributed by atoms with Crippen molar-refractivity contribution < 1.29 is 14.6 Å². The third kappa shape index (κ3) is 2.82. The maximum absolute atomic E-state index is 10.8. The topological polar surface area (TPSA) is 49.8 Å². The highest BCUT2D eigenvalue weighted by molar-refractivity contribution is 5.70. The Morgan fingerprint density at radius 1 is 1.44 bits per heavy atom. The van der Waals surface area contributed by atoms with E-state index in [4.69, 9.17) is 9.84 Å². The standard InChI is InChI=1S/C14H19NO3/c1-10(14(16)17)12-8-15(9-12)7-11-3-5-13(18-2)6-4-11/h3-6,10,12H,7-9H2,1-2H3,(H,16,17). The molecular formula is C14H19NO3. The predicted octanol–water partition coefficient (Wildman–Crippen LogP) is 1.85. The molecule has 1 aromatic carbocycles. The Morgan fingerprint density at radius 2 is 2.06 bits per heavy atom. The number of likely N-dealkylation sites (tertiary alicyclic amines) is 1. The van der Waals surface area contributed by atoms with Crippen molar-refractivity contribution in [1.82, 2.24) is 4.90 Å². The van der Waals surface area contributed by atoms with Gasteiger partial charge in [-0.3, -0.25) is 9.69 Å². The van der Waals surface area contributed by atoms with E-state index in [1.165, 1.54) is 5.56 Å². The average Bonchev–Trinajstić information content (AvgIpc) is 2.33. The summed E-state index contributed by atoms with van der Waals surface area (Å²) in [5.41, 5.74) is 1.23. The number of aliphatic carboxylic acids is 1. The summed E-state index contributed by atoms with van der Waals surface area (Å²) in [7, 11) is 1.66. The molecule has 0 aliphatic carbocycles. The van der Waals surface area contributed by atoms with Crippen LogP contribution in [0.2, 0.25) is 0 Å². The highest BCUT2D eigenvalue weighted by atomic mass is 16.5. The quantitative estimate of drug-likeness (QED) is 0.865. The average molecular weight is 249 g/mol. The predicted molar refractivity (Wildman–Crippen MR) is 68.6 cm³/mol. The molecule has 1 heterocycles. The molecule has 18 heavy (non-hydrogen) atoms. The largest absolute Gasteiger partial charge is 0.497 e. The van der Waals surface area contributed by atoms with Crippen LogP contribution in [0.5, 0.6) is 5.75 Å². The van der Waals surface area contributed by atoms with Gasteiger partial charge in [-0.05, 0) is 23.6 Å². The molecule has 1 atom stereocenters. The first kappa shape index (κ1) is 12.9. The third-order valence-electron chi connectivity index (χ3n) is 3.65. The molecule has 4 heteroatoms. The summed E-state index contributed by atoms with van der Waals surface area (Å²) in [4.78, 5) is 13.1. The lowest BCUT2D eigenvalue weighted by atomic mass is 9.87. The van der Waals surface area contributed by atoms with Crippen molar-refractivity contribution in [3.63, 3.8) is 0 Å². The number of carbonyl (C=O) groups is 1. The van der Waals surface area contributed by atoms with Gasteiger partial charge < -0.3 is 9.84 Å². The fraction of sp³-hybridized carbons (Fsp3) is 0.500. The molecule has 1 aliphatic heterocycles. The van der Waals surface area contributed by atoms with Gasteiger partial charge in [-0.1, -0.05) is 19.1 Å². The number of hydrogen-bond donors (Lipinski definition) is 1. The molecule has 0 amide bonds. The molecule has 1 N–H and O–H groups in total. The number of carboxylic acids is 1. The number of carboxylic acid groups (broad SMARTS) is 1. The fourth-order valence-electron chi connectivity index (χ4n) is 2.25. The molecule has 0 radical (unpaired) electrons. The Hall–Kier alpha value is -1.55. The van der Waals surface area contributed by atoms with Crippen molar-refractivity contribution in [2.75, 3.05) is 20.2 Å². The Kier molecular flexibility index (Phi) is 3.87. The summed E-state index contributed by atoms with van der Waals surface area (Å²) in [5.74, 6) is 0.224. The van der Waals surface area contributed by atoms with Crippen molar-refractivity contribution in [1.29, 1.82) is 0 Å². The van der Waals surface area contributed by atoms with E-state index < -0.39 is 5.97 Å². The minimum absolute atomic E-state index is 0.239. The van der Waals surface area contributed by atoms with E-state index in [0.29, 0.717) is 5.92 Å². The van der Waals surface area contributed by atoms with E-state index in [0.717, 1.165) is 25.4 Å². The molecule has 0 spiro atoms. The number of rotatable bonds is 5. The van der Waals surface area contributed by atoms with E-state index in [1.54, 1.807) is 14.0 Å². The molecule has 1 unspecified atom stereocenters. The zero-order chi connectivity index (χ0) is 13.1. The first-order valence-corrected chi connectivity index (χ1v) is 6.18. The van der Waals surface area contributed by atoms with Crippen molar-refractivity contribution in [3.05, 3.63) is 29.8 Å². The second-order valence-corrected chi connectivity index (χ2v) is 4.93. The maximum Gasteiger partial charge on any atom is 0.306 e. The van der Waals surface area contributed by atoms with Gasteiger partial charge in [-0.25, -0.2) is 0 Å². The van der Waals surface area contributed by atoms with Crippen LogP contribution in [-0.4, -0.2) is 36.2 Å². The van der Waals surface area contributed by atoms with Crippen molar-refractivity contribution in [2.24, 2.45) is 11.8 Å². The molecule has 1 saturated heterocycles. The van der Waals surface area contributed by atoms with E-state index in [-0.39, 0.29) is 5.92 Å². The second-order valence-electron chi connectivity index (χ2n) is 4.93. The third-order valence-corrected chi connectivity index (χ3v) is 3.65. The molecular weight excluding hydrogens is 230 g/mol. The summed E-state index contributed by atoms with van der Waals surface area (Å²) in [6.45, 7) is 4.42. The number of nitrogens with zero attached hydrogens (tertiary/aromatic N) is 1. The van der Waals surface area contributed by atoms with Crippen LogP contribution in [0.3, 0.4) is 0 Å². The second kappa shape index (κ2) is 5.40. The zero-order valence-corrected chi connectivity index (χ0v) is 10.8. The molecule has 2 rings (SSSR count). The minimum atomic E-state index is -0.691. The van der Waals surface area contributed by atoms with Crippen LogP contribution in [0.25, 0.3) is 0 Å². The SMILES string of the molecule is COc1ccc(CN2CC(C(C)C(=O)O)C2)cc1. The van der Waals surface area contributed by atoms with Gasteiger partial charge in [-0.2, -0.15) is 0 Å². The minimum Gasteiger partial charge on any atom is -0.497 e. The lowest BCUT2D eigenvalue weighted by Gasteiger charge is -2.41. The zero-order valence-electron chi connectivity index (χ0n) is 10.8. The smallest absolute Gasteiger partial charge is 0.306 e. The fourth-order valence-corrected chi connectivity index (χ4v) is 2.25. The summed E-state index contributed by atoms with van der Waals surface area (Å²) in [6, 6.07) is 8.00. The molecule has 0 aromatic heterocycles. The van der Waals surface area contributed by atoms with E-state index in [2.05, 4.69) is 4.90 Å². The highest BCUT2D eigenvalue weighted by Gasteiger charge is 2.34. The van der Waals surface area contributed by atoms with E-state index in [9.17, 15) is 4.79 Å². The molecule has 1 aromatic rings. The Morgan fingerprint density at radius 3 is 2.56 bits per heavy atom. The van der Waals surface area contributed by atoms with Gasteiger partial charge in [0.15, 0.2) is 0 Å². The Labute approximate surface area is 107 Å². The van der Waals surface area contributed by atoms with Crippen molar-refractivity contribution in [2.45, 2.75) is 13.5 Å².